The Morgan fingerprint density at radius 3 is 0.913 bits per heavy atom. The van der Waals surface area contributed by atoms with Gasteiger partial charge in [-0.1, -0.05) is 240 Å². The molecule has 6 heteroatoms. The van der Waals surface area contributed by atoms with E-state index in [2.05, 4.69) is 118 Å². The Labute approximate surface area is 426 Å². The fourth-order valence-corrected chi connectivity index (χ4v) is 7.77. The molecule has 0 rings (SSSR count). The van der Waals surface area contributed by atoms with Crippen LogP contribution in [0.25, 0.3) is 0 Å². The second-order valence-corrected chi connectivity index (χ2v) is 18.8. The van der Waals surface area contributed by atoms with Gasteiger partial charge in [0.05, 0.1) is 0 Å². The van der Waals surface area contributed by atoms with Crippen molar-refractivity contribution in [2.24, 2.45) is 0 Å². The summed E-state index contributed by atoms with van der Waals surface area (Å²) in [5.74, 6) is -0.908. The first-order valence-corrected chi connectivity index (χ1v) is 28.7. The molecule has 6 nitrogen and oxygen atoms in total. The van der Waals surface area contributed by atoms with Gasteiger partial charge in [-0.25, -0.2) is 0 Å². The van der Waals surface area contributed by atoms with Gasteiger partial charge in [-0.05, 0) is 103 Å². The smallest absolute Gasteiger partial charge is 0.306 e. The lowest BCUT2D eigenvalue weighted by molar-refractivity contribution is -0.167. The van der Waals surface area contributed by atoms with Crippen LogP contribution in [-0.4, -0.2) is 37.2 Å². The van der Waals surface area contributed by atoms with Crippen LogP contribution < -0.4 is 0 Å². The third kappa shape index (κ3) is 55.1. The number of carbonyl (C=O) groups is 3. The van der Waals surface area contributed by atoms with Crippen molar-refractivity contribution in [3.63, 3.8) is 0 Å². The third-order valence-electron chi connectivity index (χ3n) is 12.1. The molecule has 0 saturated carbocycles. The first-order chi connectivity index (χ1) is 34.0. The van der Waals surface area contributed by atoms with Crippen molar-refractivity contribution in [1.82, 2.24) is 0 Å². The molecule has 0 amide bonds. The number of rotatable bonds is 51. The van der Waals surface area contributed by atoms with Crippen molar-refractivity contribution in [3.8, 4) is 0 Å². The molecule has 1 atom stereocenters. The minimum Gasteiger partial charge on any atom is -0.462 e. The summed E-state index contributed by atoms with van der Waals surface area (Å²) in [6.45, 7) is 6.44. The molecule has 0 aromatic heterocycles. The second-order valence-electron chi connectivity index (χ2n) is 18.8. The number of hydrogen-bond donors (Lipinski definition) is 0. The maximum atomic E-state index is 12.8. The Morgan fingerprint density at radius 1 is 0.304 bits per heavy atom. The molecule has 0 aliphatic rings. The van der Waals surface area contributed by atoms with Gasteiger partial charge in [0.25, 0.3) is 0 Å². The summed E-state index contributed by atoms with van der Waals surface area (Å²) in [5.41, 5.74) is 0. The number of esters is 3. The van der Waals surface area contributed by atoms with E-state index in [-0.39, 0.29) is 31.1 Å². The van der Waals surface area contributed by atoms with E-state index in [0.29, 0.717) is 19.3 Å². The highest BCUT2D eigenvalue weighted by Crippen LogP contribution is 2.15. The van der Waals surface area contributed by atoms with Crippen LogP contribution in [0, 0.1) is 0 Å². The van der Waals surface area contributed by atoms with Crippen molar-refractivity contribution < 1.29 is 28.6 Å². The van der Waals surface area contributed by atoms with E-state index in [0.717, 1.165) is 122 Å². The van der Waals surface area contributed by atoms with Crippen LogP contribution in [0.2, 0.25) is 0 Å². The first-order valence-electron chi connectivity index (χ1n) is 28.7. The zero-order valence-electron chi connectivity index (χ0n) is 45.0. The normalized spacial score (nSPS) is 12.8. The zero-order valence-corrected chi connectivity index (χ0v) is 45.0. The monoisotopic (exact) mass is 959 g/mol. The van der Waals surface area contributed by atoms with Crippen LogP contribution >= 0.6 is 0 Å². The molecule has 0 aliphatic heterocycles. The maximum absolute atomic E-state index is 12.8. The quantitative estimate of drug-likeness (QED) is 0.0262. The molecule has 0 radical (unpaired) electrons. The largest absolute Gasteiger partial charge is 0.462 e. The fourth-order valence-electron chi connectivity index (χ4n) is 7.77. The molecule has 0 spiro atoms. The minimum atomic E-state index is -0.785. The SMILES string of the molecule is CC/C=C\C/C=C\C/C=C\C/C=C\C/C=C\CCCCCCCCCCCC(=O)OCC(COC(=O)CCCCCCCCC)OC(=O)CCCCCCCC/C=C\C/C=C\C/C=C\CCCCC. The standard InChI is InChI=1S/C63H106O6/c1-4-7-10-13-16-18-20-22-24-26-28-29-30-31-32-33-35-36-38-40-42-44-47-50-53-56-62(65)68-59-60(58-67-61(64)55-52-49-46-15-12-9-6-3)69-63(66)57-54-51-48-45-43-41-39-37-34-27-25-23-21-19-17-14-11-8-5-2/h7,10,16-19,22-25,28-29,31-32,34,37,60H,4-6,8-9,11-15,20-21,26-27,30,33,35-36,38-59H2,1-3H3/b10-7-,18-16-,19-17-,24-22-,25-23-,29-28-,32-31-,37-34-. The van der Waals surface area contributed by atoms with E-state index < -0.39 is 6.10 Å². The van der Waals surface area contributed by atoms with Gasteiger partial charge in [-0.2, -0.15) is 0 Å². The van der Waals surface area contributed by atoms with E-state index in [1.165, 1.54) is 103 Å². The van der Waals surface area contributed by atoms with Gasteiger partial charge < -0.3 is 14.2 Å². The number of ether oxygens (including phenoxy) is 3. The molecule has 0 aromatic carbocycles. The average Bonchev–Trinajstić information content (AvgIpc) is 3.35. The second kappa shape index (κ2) is 56.9. The lowest BCUT2D eigenvalue weighted by Gasteiger charge is -2.18. The van der Waals surface area contributed by atoms with Crippen LogP contribution in [-0.2, 0) is 28.6 Å². The Kier molecular flexibility index (Phi) is 53.9. The fraction of sp³-hybridized carbons (Fsp3) is 0.698. The molecule has 394 valence electrons. The minimum absolute atomic E-state index is 0.0843. The third-order valence-corrected chi connectivity index (χ3v) is 12.1. The van der Waals surface area contributed by atoms with Gasteiger partial charge in [-0.15, -0.1) is 0 Å². The van der Waals surface area contributed by atoms with Crippen molar-refractivity contribution in [3.05, 3.63) is 97.2 Å². The van der Waals surface area contributed by atoms with Crippen molar-refractivity contribution in [2.75, 3.05) is 13.2 Å². The van der Waals surface area contributed by atoms with Gasteiger partial charge in [0.1, 0.15) is 13.2 Å². The number of hydrogen-bond acceptors (Lipinski definition) is 6. The molecule has 0 saturated heterocycles. The van der Waals surface area contributed by atoms with Gasteiger partial charge in [0.2, 0.25) is 0 Å². The molecule has 0 aromatic rings. The van der Waals surface area contributed by atoms with E-state index in [1.807, 2.05) is 0 Å². The summed E-state index contributed by atoms with van der Waals surface area (Å²) in [4.78, 5) is 38.0. The first kappa shape index (κ1) is 65.3. The summed E-state index contributed by atoms with van der Waals surface area (Å²) in [7, 11) is 0. The molecule has 0 bridgehead atoms. The van der Waals surface area contributed by atoms with E-state index in [1.54, 1.807) is 0 Å². The van der Waals surface area contributed by atoms with Gasteiger partial charge >= 0.3 is 17.9 Å². The molecule has 0 N–H and O–H groups in total. The summed E-state index contributed by atoms with van der Waals surface area (Å²) < 4.78 is 16.8. The maximum Gasteiger partial charge on any atom is 0.306 e. The summed E-state index contributed by atoms with van der Waals surface area (Å²) in [6, 6.07) is 0. The van der Waals surface area contributed by atoms with Gasteiger partial charge in [0.15, 0.2) is 6.10 Å². The van der Waals surface area contributed by atoms with Crippen LogP contribution in [0.5, 0.6) is 0 Å². The lowest BCUT2D eigenvalue weighted by atomic mass is 10.1. The van der Waals surface area contributed by atoms with Gasteiger partial charge in [-0.3, -0.25) is 14.4 Å². The van der Waals surface area contributed by atoms with E-state index in [4.69, 9.17) is 14.2 Å². The summed E-state index contributed by atoms with van der Waals surface area (Å²) >= 11 is 0. The lowest BCUT2D eigenvalue weighted by Crippen LogP contribution is -2.30. The molecule has 0 fully saturated rings. The Morgan fingerprint density at radius 2 is 0.565 bits per heavy atom. The van der Waals surface area contributed by atoms with Crippen LogP contribution in [0.3, 0.4) is 0 Å². The number of allylic oxidation sites excluding steroid dienone is 16. The summed E-state index contributed by atoms with van der Waals surface area (Å²) in [5, 5.41) is 0. The zero-order chi connectivity index (χ0) is 50.0. The number of unbranched alkanes of at least 4 members (excludes halogenated alkanes) is 24. The highest BCUT2D eigenvalue weighted by atomic mass is 16.6. The highest BCUT2D eigenvalue weighted by Gasteiger charge is 2.19. The molecule has 1 unspecified atom stereocenters. The van der Waals surface area contributed by atoms with Crippen LogP contribution in [0.4, 0.5) is 0 Å². The van der Waals surface area contributed by atoms with E-state index in [9.17, 15) is 14.4 Å². The van der Waals surface area contributed by atoms with Crippen LogP contribution in [0.1, 0.15) is 265 Å². The molecule has 0 heterocycles. The predicted octanol–water partition coefficient (Wildman–Crippen LogP) is 19.3. The Bertz CT molecular complexity index is 1380. The van der Waals surface area contributed by atoms with Gasteiger partial charge in [0, 0.05) is 19.3 Å². The van der Waals surface area contributed by atoms with Crippen molar-refractivity contribution in [1.29, 1.82) is 0 Å². The Hall–Kier alpha value is -3.67. The molecular weight excluding hydrogens is 853 g/mol. The molecule has 0 aliphatic carbocycles. The molecular formula is C63H106O6. The summed E-state index contributed by atoms with van der Waals surface area (Å²) in [6.07, 6.45) is 75.6. The van der Waals surface area contributed by atoms with E-state index >= 15 is 0 Å². The molecule has 69 heavy (non-hydrogen) atoms. The van der Waals surface area contributed by atoms with Crippen molar-refractivity contribution in [2.45, 2.75) is 271 Å². The van der Waals surface area contributed by atoms with Crippen LogP contribution in [0.15, 0.2) is 97.2 Å². The highest BCUT2D eigenvalue weighted by molar-refractivity contribution is 5.71. The average molecular weight is 960 g/mol. The predicted molar refractivity (Wildman–Crippen MR) is 297 cm³/mol. The number of carbonyl (C=O) groups excluding carboxylic acids is 3. The van der Waals surface area contributed by atoms with Crippen molar-refractivity contribution >= 4 is 17.9 Å². The topological polar surface area (TPSA) is 78.9 Å². The Balaban J connectivity index is 4.23.